The Labute approximate surface area is 201 Å². The van der Waals surface area contributed by atoms with Gasteiger partial charge in [-0.3, -0.25) is 9.79 Å². The molecule has 5 nitrogen and oxygen atoms in total. The molecule has 1 aromatic carbocycles. The minimum absolute atomic E-state index is 0.0945. The van der Waals surface area contributed by atoms with Crippen molar-refractivity contribution in [1.29, 1.82) is 0 Å². The van der Waals surface area contributed by atoms with Crippen molar-refractivity contribution in [3.63, 3.8) is 0 Å². The number of rotatable bonds is 11. The second-order valence-electron chi connectivity index (χ2n) is 7.03. The lowest BCUT2D eigenvalue weighted by Crippen LogP contribution is -2.30. The molecule has 178 valence electrons. The van der Waals surface area contributed by atoms with Crippen LogP contribution in [0.4, 0.5) is 18.9 Å². The molecule has 33 heavy (non-hydrogen) atoms. The van der Waals surface area contributed by atoms with E-state index in [2.05, 4.69) is 16.8 Å². The number of carbonyl (C=O) groups excluding carboxylic acids is 1. The number of allylic oxidation sites excluding steroid dienone is 3. The Hall–Kier alpha value is -2.52. The molecule has 0 aliphatic carbocycles. The van der Waals surface area contributed by atoms with Gasteiger partial charge in [-0.05, 0) is 56.5 Å². The molecule has 0 spiro atoms. The van der Waals surface area contributed by atoms with Gasteiger partial charge in [-0.25, -0.2) is 4.68 Å². The van der Waals surface area contributed by atoms with Crippen LogP contribution in [0.1, 0.15) is 31.4 Å². The molecule has 0 unspecified atom stereocenters. The first-order valence-electron chi connectivity index (χ1n) is 10.3. The van der Waals surface area contributed by atoms with Crippen molar-refractivity contribution >= 4 is 47.4 Å². The van der Waals surface area contributed by atoms with Gasteiger partial charge in [0.25, 0.3) is 0 Å². The van der Waals surface area contributed by atoms with Crippen LogP contribution in [0.15, 0.2) is 53.8 Å². The zero-order valence-corrected chi connectivity index (χ0v) is 20.1. The third kappa shape index (κ3) is 8.08. The number of aromatic nitrogens is 2. The molecule has 0 fully saturated rings. The lowest BCUT2D eigenvalue weighted by atomic mass is 10.1. The quantitative estimate of drug-likeness (QED) is 0.206. The number of aryl methyl sites for hydroxylation is 1. The summed E-state index contributed by atoms with van der Waals surface area (Å²) in [5.74, 6) is 1.08. The van der Waals surface area contributed by atoms with Gasteiger partial charge in [0.15, 0.2) is 5.15 Å². The predicted octanol–water partition coefficient (Wildman–Crippen LogP) is 6.35. The lowest BCUT2D eigenvalue weighted by Gasteiger charge is -2.19. The summed E-state index contributed by atoms with van der Waals surface area (Å²) in [4.78, 5) is 18.0. The molecule has 2 aromatic rings. The highest BCUT2D eigenvalue weighted by Gasteiger charge is 2.30. The van der Waals surface area contributed by atoms with E-state index in [4.69, 9.17) is 11.6 Å². The van der Waals surface area contributed by atoms with Gasteiger partial charge in [0, 0.05) is 30.6 Å². The summed E-state index contributed by atoms with van der Waals surface area (Å²) in [5, 5.41) is 4.49. The molecule has 1 amide bonds. The van der Waals surface area contributed by atoms with E-state index < -0.39 is 11.7 Å². The van der Waals surface area contributed by atoms with Crippen LogP contribution in [0.2, 0.25) is 5.15 Å². The van der Waals surface area contributed by atoms with Gasteiger partial charge in [0.2, 0.25) is 5.91 Å². The number of carbonyl (C=O) groups is 1. The number of thioether (sulfide) groups is 1. The number of nitrogens with zero attached hydrogens (tertiary/aromatic N) is 4. The van der Waals surface area contributed by atoms with Gasteiger partial charge in [-0.15, -0.1) is 0 Å². The van der Waals surface area contributed by atoms with E-state index >= 15 is 0 Å². The van der Waals surface area contributed by atoms with Crippen molar-refractivity contribution in [1.82, 2.24) is 9.78 Å². The molecule has 0 bridgehead atoms. The van der Waals surface area contributed by atoms with Gasteiger partial charge in [-0.1, -0.05) is 29.8 Å². The molecule has 0 N–H and O–H groups in total. The molecule has 0 aliphatic rings. The Balaban J connectivity index is 1.90. The molecule has 0 radical (unpaired) electrons. The summed E-state index contributed by atoms with van der Waals surface area (Å²) in [7, 11) is 0. The maximum absolute atomic E-state index is 12.8. The van der Waals surface area contributed by atoms with Crippen LogP contribution in [0.5, 0.6) is 0 Å². The third-order valence-corrected chi connectivity index (χ3v) is 5.95. The highest BCUT2D eigenvalue weighted by molar-refractivity contribution is 7.99. The number of anilines is 1. The number of amides is 1. The molecule has 0 atom stereocenters. The molecular weight excluding hydrogens is 473 g/mol. The monoisotopic (exact) mass is 498 g/mol. The summed E-state index contributed by atoms with van der Waals surface area (Å²) in [6.45, 7) is 7.50. The maximum Gasteiger partial charge on any atom is 0.416 e. The van der Waals surface area contributed by atoms with E-state index in [1.54, 1.807) is 40.2 Å². The largest absolute Gasteiger partial charge is 0.416 e. The Morgan fingerprint density at radius 2 is 2.12 bits per heavy atom. The normalized spacial score (nSPS) is 12.4. The summed E-state index contributed by atoms with van der Waals surface area (Å²) in [6, 6.07) is 5.33. The van der Waals surface area contributed by atoms with Gasteiger partial charge >= 0.3 is 6.18 Å². The first kappa shape index (κ1) is 26.7. The minimum atomic E-state index is -4.35. The molecule has 1 heterocycles. The van der Waals surface area contributed by atoms with E-state index in [1.165, 1.54) is 23.9 Å². The van der Waals surface area contributed by atoms with Gasteiger partial charge in [0.1, 0.15) is 5.69 Å². The standard InChI is InChI=1S/C23H26ClF3N4OS/c1-4-30(20-16-31(29-22(20)24)17(2)7-6-12-28-3)21(32)11-14-33-13-10-18-8-5-9-19(15-18)23(25,26)27/h5-9,12,15-16H,3-4,10-11,13-14H2,1-2H3/b12-6-,17-7+. The maximum atomic E-state index is 12.8. The third-order valence-electron chi connectivity index (χ3n) is 4.70. The van der Waals surface area contributed by atoms with Crippen molar-refractivity contribution < 1.29 is 18.0 Å². The number of aliphatic imine (C=N–C) groups is 1. The van der Waals surface area contributed by atoms with Crippen LogP contribution in [0, 0.1) is 0 Å². The molecule has 2 rings (SSSR count). The molecule has 10 heteroatoms. The smallest absolute Gasteiger partial charge is 0.308 e. The highest BCUT2D eigenvalue weighted by atomic mass is 35.5. The number of alkyl halides is 3. The average Bonchev–Trinajstić information content (AvgIpc) is 3.15. The Morgan fingerprint density at radius 1 is 1.36 bits per heavy atom. The zero-order valence-electron chi connectivity index (χ0n) is 18.5. The summed E-state index contributed by atoms with van der Waals surface area (Å²) < 4.78 is 40.0. The fourth-order valence-electron chi connectivity index (χ4n) is 3.00. The number of benzene rings is 1. The first-order chi connectivity index (χ1) is 15.7. The highest BCUT2D eigenvalue weighted by Crippen LogP contribution is 2.30. The molecule has 0 saturated carbocycles. The lowest BCUT2D eigenvalue weighted by molar-refractivity contribution is -0.137. The van der Waals surface area contributed by atoms with E-state index in [0.717, 1.165) is 11.8 Å². The van der Waals surface area contributed by atoms with Crippen molar-refractivity contribution in [2.75, 3.05) is 23.0 Å². The van der Waals surface area contributed by atoms with Crippen LogP contribution in [0.3, 0.4) is 0 Å². The predicted molar refractivity (Wildman–Crippen MR) is 131 cm³/mol. The van der Waals surface area contributed by atoms with Crippen molar-refractivity contribution in [2.24, 2.45) is 4.99 Å². The van der Waals surface area contributed by atoms with Crippen LogP contribution >= 0.6 is 23.4 Å². The zero-order chi connectivity index (χ0) is 24.4. The van der Waals surface area contributed by atoms with E-state index in [9.17, 15) is 18.0 Å². The average molecular weight is 499 g/mol. The summed E-state index contributed by atoms with van der Waals surface area (Å²) >= 11 is 7.80. The van der Waals surface area contributed by atoms with E-state index in [-0.39, 0.29) is 17.5 Å². The van der Waals surface area contributed by atoms with Crippen LogP contribution in [0.25, 0.3) is 5.70 Å². The van der Waals surface area contributed by atoms with Gasteiger partial charge in [-0.2, -0.15) is 30.0 Å². The molecule has 0 saturated heterocycles. The number of hydrogen-bond donors (Lipinski definition) is 0. The molecule has 0 aliphatic heterocycles. The van der Waals surface area contributed by atoms with Gasteiger partial charge < -0.3 is 4.90 Å². The molecular formula is C23H26ClF3N4OS. The van der Waals surface area contributed by atoms with Crippen molar-refractivity contribution in [3.8, 4) is 0 Å². The topological polar surface area (TPSA) is 50.5 Å². The van der Waals surface area contributed by atoms with Crippen LogP contribution < -0.4 is 4.90 Å². The number of hydrogen-bond acceptors (Lipinski definition) is 4. The first-order valence-corrected chi connectivity index (χ1v) is 11.8. The van der Waals surface area contributed by atoms with E-state index in [0.29, 0.717) is 35.7 Å². The second-order valence-corrected chi connectivity index (χ2v) is 8.61. The second kappa shape index (κ2) is 12.6. The number of halogens is 4. The Bertz CT molecular complexity index is 1020. The van der Waals surface area contributed by atoms with Gasteiger partial charge in [0.05, 0.1) is 11.8 Å². The van der Waals surface area contributed by atoms with Crippen LogP contribution in [-0.4, -0.2) is 40.5 Å². The Kier molecular flexibility index (Phi) is 10.2. The molecule has 1 aromatic heterocycles. The summed E-state index contributed by atoms with van der Waals surface area (Å²) in [5.41, 5.74) is 1.29. The fraction of sp³-hybridized carbons (Fsp3) is 0.348. The van der Waals surface area contributed by atoms with Crippen molar-refractivity contribution in [3.05, 3.63) is 65.1 Å². The SMILES string of the molecule is C=N/C=C\C=C(/C)n1cc(N(CC)C(=O)CCSCCc2cccc(C(F)(F)F)c2)c(Cl)n1. The van der Waals surface area contributed by atoms with Crippen molar-refractivity contribution in [2.45, 2.75) is 32.9 Å². The minimum Gasteiger partial charge on any atom is -0.308 e. The summed E-state index contributed by atoms with van der Waals surface area (Å²) in [6.07, 6.45) is 3.19. The van der Waals surface area contributed by atoms with E-state index in [1.807, 2.05) is 13.8 Å². The fourth-order valence-corrected chi connectivity index (χ4v) is 4.13. The Morgan fingerprint density at radius 3 is 2.79 bits per heavy atom. The van der Waals surface area contributed by atoms with Crippen LogP contribution in [-0.2, 0) is 17.4 Å².